The van der Waals surface area contributed by atoms with E-state index in [2.05, 4.69) is 25.8 Å². The van der Waals surface area contributed by atoms with Gasteiger partial charge in [0, 0.05) is 6.04 Å². The van der Waals surface area contributed by atoms with Crippen LogP contribution >= 0.6 is 0 Å². The summed E-state index contributed by atoms with van der Waals surface area (Å²) in [6.07, 6.45) is 4.19. The molecular formula is C9H21N. The fourth-order valence-corrected chi connectivity index (χ4v) is 0.391. The van der Waals surface area contributed by atoms with Gasteiger partial charge in [-0.1, -0.05) is 27.7 Å². The Kier molecular flexibility index (Phi) is 14.2. The van der Waals surface area contributed by atoms with Crippen molar-refractivity contribution in [3.63, 3.8) is 0 Å². The second-order valence-electron chi connectivity index (χ2n) is 2.00. The second-order valence-corrected chi connectivity index (χ2v) is 2.00. The SMILES string of the molecule is CC.CCC=NC(C)CC. The summed E-state index contributed by atoms with van der Waals surface area (Å²) in [5.41, 5.74) is 0. The minimum Gasteiger partial charge on any atom is -0.295 e. The van der Waals surface area contributed by atoms with E-state index in [4.69, 9.17) is 0 Å². The van der Waals surface area contributed by atoms with Gasteiger partial charge in [0.15, 0.2) is 0 Å². The van der Waals surface area contributed by atoms with E-state index in [1.54, 1.807) is 0 Å². The topological polar surface area (TPSA) is 12.4 Å². The standard InChI is InChI=1S/C7H15N.C2H6/c1-4-6-8-7(3)5-2;1-2/h6-7H,4-5H2,1-3H3;1-2H3. The molecule has 0 aliphatic heterocycles. The molecule has 0 saturated heterocycles. The summed E-state index contributed by atoms with van der Waals surface area (Å²) in [6.45, 7) is 10.4. The minimum atomic E-state index is 0.523. The molecule has 10 heavy (non-hydrogen) atoms. The van der Waals surface area contributed by atoms with E-state index in [0.29, 0.717) is 6.04 Å². The summed E-state index contributed by atoms with van der Waals surface area (Å²) in [4.78, 5) is 4.24. The maximum absolute atomic E-state index is 4.24. The molecule has 0 aromatic heterocycles. The molecule has 1 atom stereocenters. The van der Waals surface area contributed by atoms with Crippen molar-refractivity contribution in [2.24, 2.45) is 4.99 Å². The van der Waals surface area contributed by atoms with Crippen LogP contribution in [0.3, 0.4) is 0 Å². The average Bonchev–Trinajstić information content (AvgIpc) is 2.04. The lowest BCUT2D eigenvalue weighted by atomic mass is 10.3. The van der Waals surface area contributed by atoms with Gasteiger partial charge in [0.1, 0.15) is 0 Å². The van der Waals surface area contributed by atoms with Crippen LogP contribution in [0.25, 0.3) is 0 Å². The Balaban J connectivity index is 0. The fourth-order valence-electron chi connectivity index (χ4n) is 0.391. The highest BCUT2D eigenvalue weighted by atomic mass is 14.7. The third kappa shape index (κ3) is 10.6. The molecule has 0 spiro atoms. The van der Waals surface area contributed by atoms with Crippen molar-refractivity contribution >= 4 is 6.21 Å². The molecule has 0 heterocycles. The Bertz CT molecular complexity index is 67.1. The molecular weight excluding hydrogens is 122 g/mol. The zero-order valence-electron chi connectivity index (χ0n) is 8.02. The largest absolute Gasteiger partial charge is 0.295 e. The van der Waals surface area contributed by atoms with Crippen LogP contribution < -0.4 is 0 Å². The summed E-state index contributed by atoms with van der Waals surface area (Å²) in [5.74, 6) is 0. The predicted molar refractivity (Wildman–Crippen MR) is 49.9 cm³/mol. The number of nitrogens with zero attached hydrogens (tertiary/aromatic N) is 1. The van der Waals surface area contributed by atoms with Gasteiger partial charge in [0.2, 0.25) is 0 Å². The zero-order chi connectivity index (χ0) is 8.41. The third-order valence-corrected chi connectivity index (χ3v) is 1.13. The molecule has 0 N–H and O–H groups in total. The maximum Gasteiger partial charge on any atom is 0.0464 e. The highest BCUT2D eigenvalue weighted by Gasteiger charge is 1.87. The number of hydrogen-bond acceptors (Lipinski definition) is 1. The van der Waals surface area contributed by atoms with Crippen LogP contribution in [-0.4, -0.2) is 12.3 Å². The molecule has 0 saturated carbocycles. The second kappa shape index (κ2) is 11.5. The molecule has 62 valence electrons. The lowest BCUT2D eigenvalue weighted by Gasteiger charge is -1.97. The van der Waals surface area contributed by atoms with E-state index in [1.807, 2.05) is 20.1 Å². The van der Waals surface area contributed by atoms with Gasteiger partial charge in [-0.3, -0.25) is 4.99 Å². The Morgan fingerprint density at radius 2 is 1.80 bits per heavy atom. The van der Waals surface area contributed by atoms with E-state index in [0.717, 1.165) is 12.8 Å². The Morgan fingerprint density at radius 1 is 1.30 bits per heavy atom. The zero-order valence-corrected chi connectivity index (χ0v) is 8.02. The summed E-state index contributed by atoms with van der Waals surface area (Å²) >= 11 is 0. The molecule has 0 aromatic carbocycles. The van der Waals surface area contributed by atoms with Gasteiger partial charge in [-0.25, -0.2) is 0 Å². The molecule has 0 aliphatic carbocycles. The van der Waals surface area contributed by atoms with Crippen LogP contribution in [0.15, 0.2) is 4.99 Å². The first-order valence-electron chi connectivity index (χ1n) is 4.32. The summed E-state index contributed by atoms with van der Waals surface area (Å²) < 4.78 is 0. The third-order valence-electron chi connectivity index (χ3n) is 1.13. The molecule has 0 aromatic rings. The highest BCUT2D eigenvalue weighted by Crippen LogP contribution is 1.92. The Hall–Kier alpha value is -0.330. The van der Waals surface area contributed by atoms with E-state index in [1.165, 1.54) is 0 Å². The van der Waals surface area contributed by atoms with Gasteiger partial charge in [-0.15, -0.1) is 0 Å². The molecule has 0 radical (unpaired) electrons. The van der Waals surface area contributed by atoms with Gasteiger partial charge < -0.3 is 0 Å². The molecule has 0 amide bonds. The number of aliphatic imine (C=N–C) groups is 1. The summed E-state index contributed by atoms with van der Waals surface area (Å²) in [7, 11) is 0. The molecule has 0 rings (SSSR count). The van der Waals surface area contributed by atoms with Gasteiger partial charge in [0.05, 0.1) is 0 Å². The Morgan fingerprint density at radius 3 is 2.10 bits per heavy atom. The normalized spacial score (nSPS) is 12.5. The van der Waals surface area contributed by atoms with Crippen LogP contribution in [0.1, 0.15) is 47.5 Å². The van der Waals surface area contributed by atoms with Crippen LogP contribution in [0.2, 0.25) is 0 Å². The van der Waals surface area contributed by atoms with Gasteiger partial charge in [0.25, 0.3) is 0 Å². The number of rotatable bonds is 3. The van der Waals surface area contributed by atoms with Gasteiger partial charge in [-0.2, -0.15) is 0 Å². The molecule has 0 fully saturated rings. The smallest absolute Gasteiger partial charge is 0.0464 e. The van der Waals surface area contributed by atoms with E-state index in [9.17, 15) is 0 Å². The van der Waals surface area contributed by atoms with Crippen molar-refractivity contribution in [3.8, 4) is 0 Å². The molecule has 1 nitrogen and oxygen atoms in total. The van der Waals surface area contributed by atoms with Crippen molar-refractivity contribution in [1.82, 2.24) is 0 Å². The minimum absolute atomic E-state index is 0.523. The van der Waals surface area contributed by atoms with Crippen molar-refractivity contribution in [2.75, 3.05) is 0 Å². The van der Waals surface area contributed by atoms with Crippen LogP contribution in [0.4, 0.5) is 0 Å². The lowest BCUT2D eigenvalue weighted by Crippen LogP contribution is -1.93. The van der Waals surface area contributed by atoms with Crippen LogP contribution in [0, 0.1) is 0 Å². The highest BCUT2D eigenvalue weighted by molar-refractivity contribution is 5.56. The van der Waals surface area contributed by atoms with Crippen molar-refractivity contribution in [3.05, 3.63) is 0 Å². The first-order valence-corrected chi connectivity index (χ1v) is 4.32. The Labute approximate surface area is 65.6 Å². The number of hydrogen-bond donors (Lipinski definition) is 0. The van der Waals surface area contributed by atoms with E-state index >= 15 is 0 Å². The van der Waals surface area contributed by atoms with Crippen LogP contribution in [-0.2, 0) is 0 Å². The van der Waals surface area contributed by atoms with E-state index < -0.39 is 0 Å². The average molecular weight is 143 g/mol. The van der Waals surface area contributed by atoms with Gasteiger partial charge >= 0.3 is 0 Å². The molecule has 1 unspecified atom stereocenters. The predicted octanol–water partition coefficient (Wildman–Crippen LogP) is 3.29. The first-order chi connectivity index (χ1) is 4.81. The molecule has 0 bridgehead atoms. The molecule has 0 aliphatic rings. The van der Waals surface area contributed by atoms with Crippen molar-refractivity contribution in [2.45, 2.75) is 53.5 Å². The summed E-state index contributed by atoms with van der Waals surface area (Å²) in [5, 5.41) is 0. The quantitative estimate of drug-likeness (QED) is 0.537. The van der Waals surface area contributed by atoms with Crippen LogP contribution in [0.5, 0.6) is 0 Å². The first kappa shape index (κ1) is 12.4. The van der Waals surface area contributed by atoms with Crippen molar-refractivity contribution in [1.29, 1.82) is 0 Å². The van der Waals surface area contributed by atoms with E-state index in [-0.39, 0.29) is 0 Å². The fraction of sp³-hybridized carbons (Fsp3) is 0.889. The summed E-state index contributed by atoms with van der Waals surface area (Å²) in [6, 6.07) is 0.523. The maximum atomic E-state index is 4.24. The monoisotopic (exact) mass is 143 g/mol. The lowest BCUT2D eigenvalue weighted by molar-refractivity contribution is 0.718. The van der Waals surface area contributed by atoms with Crippen molar-refractivity contribution < 1.29 is 0 Å². The molecule has 1 heteroatoms. The van der Waals surface area contributed by atoms with Gasteiger partial charge in [-0.05, 0) is 26.0 Å².